The lowest BCUT2D eigenvalue weighted by Gasteiger charge is -2.27. The number of hydrogen-bond acceptors (Lipinski definition) is 2. The van der Waals surface area contributed by atoms with Crippen molar-refractivity contribution in [2.75, 3.05) is 6.54 Å². The second kappa shape index (κ2) is 9.56. The summed E-state index contributed by atoms with van der Waals surface area (Å²) in [5, 5.41) is 0. The fraction of sp³-hybridized carbons (Fsp3) is 0.458. The average Bonchev–Trinajstić information content (AvgIpc) is 3.08. The van der Waals surface area contributed by atoms with Crippen molar-refractivity contribution in [1.82, 2.24) is 4.90 Å². The summed E-state index contributed by atoms with van der Waals surface area (Å²) in [7, 11) is 0. The van der Waals surface area contributed by atoms with E-state index in [2.05, 4.69) is 0 Å². The zero-order valence-corrected chi connectivity index (χ0v) is 18.7. The first kappa shape index (κ1) is 26.0. The van der Waals surface area contributed by atoms with Gasteiger partial charge in [0.05, 0.1) is 23.3 Å². The molecule has 1 unspecified atom stereocenters. The number of hydrogen-bond donors (Lipinski definition) is 0. The van der Waals surface area contributed by atoms with Crippen molar-refractivity contribution in [3.8, 4) is 0 Å². The number of likely N-dealkylation sites (tertiary alicyclic amines) is 1. The zero-order chi connectivity index (χ0) is 25.4. The summed E-state index contributed by atoms with van der Waals surface area (Å²) < 4.78 is 99.1. The van der Waals surface area contributed by atoms with Crippen LogP contribution < -0.4 is 0 Å². The van der Waals surface area contributed by atoms with Crippen LogP contribution in [0.4, 0.5) is 30.7 Å². The van der Waals surface area contributed by atoms with Crippen LogP contribution in [-0.2, 0) is 21.9 Å². The number of nitrogens with zero attached hydrogens (tertiary/aromatic N) is 1. The van der Waals surface area contributed by atoms with Gasteiger partial charge >= 0.3 is 12.4 Å². The summed E-state index contributed by atoms with van der Waals surface area (Å²) in [6, 6.07) is 6.52. The molecule has 0 bridgehead atoms. The molecular formula is C24H24F7NO2. The van der Waals surface area contributed by atoms with E-state index in [4.69, 9.17) is 4.74 Å². The van der Waals surface area contributed by atoms with E-state index in [1.54, 1.807) is 18.7 Å². The Balaban J connectivity index is 1.97. The van der Waals surface area contributed by atoms with Crippen molar-refractivity contribution in [2.45, 2.75) is 63.7 Å². The minimum Gasteiger partial charge on any atom is -0.368 e. The van der Waals surface area contributed by atoms with E-state index in [1.807, 2.05) is 0 Å². The van der Waals surface area contributed by atoms with Gasteiger partial charge in [-0.15, -0.1) is 0 Å². The summed E-state index contributed by atoms with van der Waals surface area (Å²) in [4.78, 5) is 14.0. The van der Waals surface area contributed by atoms with Crippen LogP contribution in [-0.4, -0.2) is 29.5 Å². The van der Waals surface area contributed by atoms with Gasteiger partial charge in [-0.3, -0.25) is 4.79 Å². The SMILES string of the molecule is CCC(=O)N1C[C@H](O[C@H](C)c2cc(C(F)(F)F)cc(C(F)(F)F)c2)C(c2ccc(F)cc2)[C@@H]1C. The number of alkyl halides is 6. The minimum atomic E-state index is -4.97. The highest BCUT2D eigenvalue weighted by atomic mass is 19.4. The number of ether oxygens (including phenoxy) is 1. The van der Waals surface area contributed by atoms with E-state index in [1.165, 1.54) is 31.2 Å². The smallest absolute Gasteiger partial charge is 0.368 e. The van der Waals surface area contributed by atoms with Gasteiger partial charge in [-0.25, -0.2) is 4.39 Å². The molecule has 3 nitrogen and oxygen atoms in total. The molecule has 2 aromatic rings. The summed E-state index contributed by atoms with van der Waals surface area (Å²) >= 11 is 0. The van der Waals surface area contributed by atoms with E-state index in [0.717, 1.165) is 0 Å². The molecule has 0 aromatic heterocycles. The maximum atomic E-state index is 13.4. The monoisotopic (exact) mass is 491 g/mol. The maximum Gasteiger partial charge on any atom is 0.416 e. The topological polar surface area (TPSA) is 29.5 Å². The van der Waals surface area contributed by atoms with Crippen LogP contribution in [0.25, 0.3) is 0 Å². The van der Waals surface area contributed by atoms with Gasteiger partial charge in [-0.05, 0) is 55.3 Å². The molecule has 0 spiro atoms. The molecule has 3 rings (SSSR count). The van der Waals surface area contributed by atoms with Gasteiger partial charge in [0.15, 0.2) is 0 Å². The molecule has 0 saturated carbocycles. The Hall–Kier alpha value is -2.62. The molecule has 10 heteroatoms. The lowest BCUT2D eigenvalue weighted by atomic mass is 9.90. The Labute approximate surface area is 192 Å². The maximum absolute atomic E-state index is 13.4. The second-order valence-corrected chi connectivity index (χ2v) is 8.37. The number of rotatable bonds is 5. The molecule has 1 heterocycles. The van der Waals surface area contributed by atoms with E-state index in [0.29, 0.717) is 17.7 Å². The molecule has 1 fully saturated rings. The number of carbonyl (C=O) groups excluding carboxylic acids is 1. The van der Waals surface area contributed by atoms with E-state index in [-0.39, 0.29) is 36.5 Å². The summed E-state index contributed by atoms with van der Waals surface area (Å²) in [5.74, 6) is -1.09. The largest absolute Gasteiger partial charge is 0.416 e. The Morgan fingerprint density at radius 3 is 2.03 bits per heavy atom. The number of benzene rings is 2. The summed E-state index contributed by atoms with van der Waals surface area (Å²) in [6.07, 6.45) is -11.6. The van der Waals surface area contributed by atoms with Crippen LogP contribution in [0, 0.1) is 5.82 Å². The molecule has 1 amide bonds. The predicted octanol–water partition coefficient (Wildman–Crippen LogP) is 6.73. The molecular weight excluding hydrogens is 467 g/mol. The molecule has 2 aromatic carbocycles. The molecule has 1 aliphatic heterocycles. The van der Waals surface area contributed by atoms with Crippen LogP contribution in [0.5, 0.6) is 0 Å². The first-order valence-corrected chi connectivity index (χ1v) is 10.7. The van der Waals surface area contributed by atoms with Crippen molar-refractivity contribution < 1.29 is 40.3 Å². The standard InChI is InChI=1S/C24H24F7NO2/c1-4-21(33)32-12-20(22(13(32)2)15-5-7-19(25)8-6-15)34-14(3)16-9-17(23(26,27)28)11-18(10-16)24(29,30)31/h5-11,13-14,20,22H,4,12H2,1-3H3/t13-,14+,20-,22?/m0/s1. The number of halogens is 7. The van der Waals surface area contributed by atoms with Gasteiger partial charge in [0.1, 0.15) is 5.82 Å². The van der Waals surface area contributed by atoms with E-state index in [9.17, 15) is 35.5 Å². The number of carbonyl (C=O) groups is 1. The highest BCUT2D eigenvalue weighted by Gasteiger charge is 2.44. The first-order valence-electron chi connectivity index (χ1n) is 10.7. The quantitative estimate of drug-likeness (QED) is 0.434. The molecule has 4 atom stereocenters. The third-order valence-corrected chi connectivity index (χ3v) is 6.12. The van der Waals surface area contributed by atoms with E-state index < -0.39 is 47.4 Å². The number of amides is 1. The van der Waals surface area contributed by atoms with Crippen molar-refractivity contribution in [2.24, 2.45) is 0 Å². The van der Waals surface area contributed by atoms with Gasteiger partial charge in [0.2, 0.25) is 5.91 Å². The Morgan fingerprint density at radius 2 is 1.56 bits per heavy atom. The van der Waals surface area contributed by atoms with Crippen molar-refractivity contribution >= 4 is 5.91 Å². The van der Waals surface area contributed by atoms with Crippen molar-refractivity contribution in [1.29, 1.82) is 0 Å². The van der Waals surface area contributed by atoms with Crippen LogP contribution >= 0.6 is 0 Å². The average molecular weight is 491 g/mol. The Kier molecular flexibility index (Phi) is 7.31. The van der Waals surface area contributed by atoms with Gasteiger partial charge in [-0.2, -0.15) is 26.3 Å². The highest BCUT2D eigenvalue weighted by molar-refractivity contribution is 5.76. The first-order chi connectivity index (χ1) is 15.7. The van der Waals surface area contributed by atoms with Crippen LogP contribution in [0.3, 0.4) is 0 Å². The zero-order valence-electron chi connectivity index (χ0n) is 18.7. The minimum absolute atomic E-state index is 0.0663. The normalized spacial score (nSPS) is 22.2. The molecule has 1 aliphatic rings. The molecule has 0 N–H and O–H groups in total. The molecule has 0 aliphatic carbocycles. The third kappa shape index (κ3) is 5.54. The summed E-state index contributed by atoms with van der Waals surface area (Å²) in [6.45, 7) is 4.93. The van der Waals surface area contributed by atoms with Crippen LogP contribution in [0.15, 0.2) is 42.5 Å². The van der Waals surface area contributed by atoms with Crippen LogP contribution in [0.2, 0.25) is 0 Å². The fourth-order valence-electron chi connectivity index (χ4n) is 4.37. The van der Waals surface area contributed by atoms with Crippen LogP contribution in [0.1, 0.15) is 61.5 Å². The van der Waals surface area contributed by atoms with Gasteiger partial charge in [-0.1, -0.05) is 19.1 Å². The lowest BCUT2D eigenvalue weighted by Crippen LogP contribution is -2.34. The highest BCUT2D eigenvalue weighted by Crippen LogP contribution is 2.41. The molecule has 0 radical (unpaired) electrons. The Morgan fingerprint density at radius 1 is 1.03 bits per heavy atom. The van der Waals surface area contributed by atoms with Crippen molar-refractivity contribution in [3.63, 3.8) is 0 Å². The third-order valence-electron chi connectivity index (χ3n) is 6.12. The lowest BCUT2D eigenvalue weighted by molar-refractivity contribution is -0.143. The van der Waals surface area contributed by atoms with E-state index >= 15 is 0 Å². The van der Waals surface area contributed by atoms with Gasteiger partial charge in [0, 0.05) is 24.9 Å². The van der Waals surface area contributed by atoms with Gasteiger partial charge in [0.25, 0.3) is 0 Å². The Bertz CT molecular complexity index is 985. The molecule has 34 heavy (non-hydrogen) atoms. The van der Waals surface area contributed by atoms with Gasteiger partial charge < -0.3 is 9.64 Å². The fourth-order valence-corrected chi connectivity index (χ4v) is 4.37. The molecule has 186 valence electrons. The predicted molar refractivity (Wildman–Crippen MR) is 110 cm³/mol. The van der Waals surface area contributed by atoms with Crippen molar-refractivity contribution in [3.05, 3.63) is 70.5 Å². The second-order valence-electron chi connectivity index (χ2n) is 8.37. The molecule has 1 saturated heterocycles. The summed E-state index contributed by atoms with van der Waals surface area (Å²) in [5.41, 5.74) is -2.48.